The molecule has 0 amide bonds. The SMILES string of the molecule is COc1cc(OC)c([C@H](CF)N2CCNCC2)c(OC)c1.Cl.Cl. The molecular formula is C15H25Cl2FN2O3. The van der Waals surface area contributed by atoms with Crippen molar-refractivity contribution in [1.29, 1.82) is 0 Å². The van der Waals surface area contributed by atoms with Gasteiger partial charge in [0.25, 0.3) is 0 Å². The van der Waals surface area contributed by atoms with Gasteiger partial charge in [-0.1, -0.05) is 0 Å². The van der Waals surface area contributed by atoms with E-state index in [1.807, 2.05) is 0 Å². The van der Waals surface area contributed by atoms with E-state index < -0.39 is 6.67 Å². The highest BCUT2D eigenvalue weighted by molar-refractivity contribution is 5.85. The van der Waals surface area contributed by atoms with Gasteiger partial charge in [-0.2, -0.15) is 0 Å². The van der Waals surface area contributed by atoms with Crippen LogP contribution in [-0.4, -0.2) is 59.1 Å². The Hall–Kier alpha value is -0.950. The molecule has 1 aliphatic heterocycles. The smallest absolute Gasteiger partial charge is 0.131 e. The first-order chi connectivity index (χ1) is 10.2. The minimum atomic E-state index is -0.487. The highest BCUT2D eigenvalue weighted by Crippen LogP contribution is 2.40. The summed E-state index contributed by atoms with van der Waals surface area (Å²) < 4.78 is 29.8. The van der Waals surface area contributed by atoms with Gasteiger partial charge in [0.15, 0.2) is 0 Å². The third kappa shape index (κ3) is 5.01. The lowest BCUT2D eigenvalue weighted by Gasteiger charge is -2.34. The number of halogens is 3. The lowest BCUT2D eigenvalue weighted by atomic mass is 10.0. The summed E-state index contributed by atoms with van der Waals surface area (Å²) in [6, 6.07) is 3.16. The predicted octanol–water partition coefficient (Wildman–Crippen LogP) is 2.47. The molecule has 0 radical (unpaired) electrons. The molecule has 1 N–H and O–H groups in total. The monoisotopic (exact) mass is 370 g/mol. The molecule has 1 fully saturated rings. The molecule has 1 atom stereocenters. The van der Waals surface area contributed by atoms with Crippen molar-refractivity contribution in [3.63, 3.8) is 0 Å². The summed E-state index contributed by atoms with van der Waals surface area (Å²) in [5.74, 6) is 1.81. The summed E-state index contributed by atoms with van der Waals surface area (Å²) in [6.45, 7) is 2.83. The maximum atomic E-state index is 13.7. The zero-order valence-electron chi connectivity index (χ0n) is 13.6. The number of benzene rings is 1. The predicted molar refractivity (Wildman–Crippen MR) is 93.8 cm³/mol. The van der Waals surface area contributed by atoms with E-state index >= 15 is 0 Å². The first-order valence-electron chi connectivity index (χ1n) is 7.05. The van der Waals surface area contributed by atoms with E-state index in [1.54, 1.807) is 33.5 Å². The molecule has 0 aliphatic carbocycles. The van der Waals surface area contributed by atoms with E-state index in [0.717, 1.165) is 31.7 Å². The second-order valence-corrected chi connectivity index (χ2v) is 4.90. The molecular weight excluding hydrogens is 346 g/mol. The average molecular weight is 371 g/mol. The molecule has 0 saturated carbocycles. The van der Waals surface area contributed by atoms with Crippen molar-refractivity contribution in [1.82, 2.24) is 10.2 Å². The van der Waals surface area contributed by atoms with Crippen LogP contribution < -0.4 is 19.5 Å². The van der Waals surface area contributed by atoms with Gasteiger partial charge in [-0.05, 0) is 0 Å². The standard InChI is InChI=1S/C15H23FN2O3.2ClH/c1-19-11-8-13(20-2)15(14(9-11)21-3)12(10-16)18-6-4-17-5-7-18;;/h8-9,12,17H,4-7,10H2,1-3H3;2*1H/t12-;;/m0../s1. The molecule has 134 valence electrons. The fraction of sp³-hybridized carbons (Fsp3) is 0.600. The first-order valence-corrected chi connectivity index (χ1v) is 7.05. The summed E-state index contributed by atoms with van der Waals surface area (Å²) >= 11 is 0. The molecule has 8 heteroatoms. The number of piperazine rings is 1. The van der Waals surface area contributed by atoms with Crippen LogP contribution in [0.2, 0.25) is 0 Å². The largest absolute Gasteiger partial charge is 0.496 e. The summed E-state index contributed by atoms with van der Waals surface area (Å²) in [5, 5.41) is 3.27. The van der Waals surface area contributed by atoms with Crippen LogP contribution >= 0.6 is 24.8 Å². The van der Waals surface area contributed by atoms with Crippen molar-refractivity contribution >= 4 is 24.8 Å². The summed E-state index contributed by atoms with van der Waals surface area (Å²) in [5.41, 5.74) is 0.741. The Morgan fingerprint density at radius 2 is 1.57 bits per heavy atom. The number of nitrogens with one attached hydrogen (secondary N) is 1. The Kier molecular flexibility index (Phi) is 10.3. The van der Waals surface area contributed by atoms with E-state index in [0.29, 0.717) is 17.2 Å². The Bertz CT molecular complexity index is 449. The molecule has 1 aliphatic rings. The summed E-state index contributed by atoms with van der Waals surface area (Å²) in [7, 11) is 4.73. The van der Waals surface area contributed by atoms with Crippen molar-refractivity contribution in [2.24, 2.45) is 0 Å². The van der Waals surface area contributed by atoms with Crippen LogP contribution in [0.3, 0.4) is 0 Å². The summed E-state index contributed by atoms with van der Waals surface area (Å²) in [6.07, 6.45) is 0. The number of nitrogens with zero attached hydrogens (tertiary/aromatic N) is 1. The normalized spacial score (nSPS) is 15.8. The van der Waals surface area contributed by atoms with Crippen LogP contribution in [0.5, 0.6) is 17.2 Å². The summed E-state index contributed by atoms with van der Waals surface area (Å²) in [4.78, 5) is 2.11. The number of alkyl halides is 1. The minimum Gasteiger partial charge on any atom is -0.496 e. The fourth-order valence-electron chi connectivity index (χ4n) is 2.71. The van der Waals surface area contributed by atoms with Crippen LogP contribution in [0.25, 0.3) is 0 Å². The minimum absolute atomic E-state index is 0. The van der Waals surface area contributed by atoms with Crippen molar-refractivity contribution in [3.8, 4) is 17.2 Å². The molecule has 5 nitrogen and oxygen atoms in total. The molecule has 0 aromatic heterocycles. The van der Waals surface area contributed by atoms with Gasteiger partial charge in [-0.3, -0.25) is 4.90 Å². The third-order valence-corrected chi connectivity index (χ3v) is 3.82. The van der Waals surface area contributed by atoms with Gasteiger partial charge < -0.3 is 19.5 Å². The van der Waals surface area contributed by atoms with E-state index in [4.69, 9.17) is 14.2 Å². The van der Waals surface area contributed by atoms with Crippen LogP contribution in [0, 0.1) is 0 Å². The number of hydrogen-bond donors (Lipinski definition) is 1. The fourth-order valence-corrected chi connectivity index (χ4v) is 2.71. The molecule has 1 aromatic carbocycles. The average Bonchev–Trinajstić information content (AvgIpc) is 2.56. The molecule has 1 saturated heterocycles. The maximum absolute atomic E-state index is 13.7. The third-order valence-electron chi connectivity index (χ3n) is 3.82. The Balaban J connectivity index is 0.00000242. The second kappa shape index (κ2) is 10.8. The maximum Gasteiger partial charge on any atom is 0.131 e. The van der Waals surface area contributed by atoms with Crippen molar-refractivity contribution < 1.29 is 18.6 Å². The quantitative estimate of drug-likeness (QED) is 0.832. The van der Waals surface area contributed by atoms with Crippen LogP contribution in [0.4, 0.5) is 4.39 Å². The van der Waals surface area contributed by atoms with Gasteiger partial charge in [0.2, 0.25) is 0 Å². The Labute approximate surface area is 149 Å². The van der Waals surface area contributed by atoms with E-state index in [1.165, 1.54) is 0 Å². The molecule has 2 rings (SSSR count). The number of hydrogen-bond acceptors (Lipinski definition) is 5. The molecule has 0 spiro atoms. The number of rotatable bonds is 6. The van der Waals surface area contributed by atoms with E-state index in [2.05, 4.69) is 10.2 Å². The highest BCUT2D eigenvalue weighted by Gasteiger charge is 2.28. The van der Waals surface area contributed by atoms with Gasteiger partial charge in [-0.15, -0.1) is 24.8 Å². The Morgan fingerprint density at radius 3 is 1.96 bits per heavy atom. The molecule has 23 heavy (non-hydrogen) atoms. The number of ether oxygens (including phenoxy) is 3. The first kappa shape index (κ1) is 22.1. The van der Waals surface area contributed by atoms with E-state index in [9.17, 15) is 4.39 Å². The topological polar surface area (TPSA) is 43.0 Å². The van der Waals surface area contributed by atoms with Gasteiger partial charge in [0.1, 0.15) is 23.9 Å². The second-order valence-electron chi connectivity index (χ2n) is 4.90. The lowest BCUT2D eigenvalue weighted by Crippen LogP contribution is -2.45. The van der Waals surface area contributed by atoms with Crippen molar-refractivity contribution in [2.45, 2.75) is 6.04 Å². The molecule has 0 unspecified atom stereocenters. The van der Waals surface area contributed by atoms with Crippen molar-refractivity contribution in [3.05, 3.63) is 17.7 Å². The van der Waals surface area contributed by atoms with Gasteiger partial charge in [-0.25, -0.2) is 4.39 Å². The van der Waals surface area contributed by atoms with Gasteiger partial charge in [0, 0.05) is 38.3 Å². The lowest BCUT2D eigenvalue weighted by molar-refractivity contribution is 0.142. The highest BCUT2D eigenvalue weighted by atomic mass is 35.5. The molecule has 1 heterocycles. The molecule has 0 bridgehead atoms. The molecule has 1 aromatic rings. The van der Waals surface area contributed by atoms with Crippen LogP contribution in [0.15, 0.2) is 12.1 Å². The van der Waals surface area contributed by atoms with Gasteiger partial charge >= 0.3 is 0 Å². The zero-order valence-corrected chi connectivity index (χ0v) is 15.3. The van der Waals surface area contributed by atoms with Crippen LogP contribution in [0.1, 0.15) is 11.6 Å². The zero-order chi connectivity index (χ0) is 15.2. The van der Waals surface area contributed by atoms with E-state index in [-0.39, 0.29) is 30.9 Å². The number of methoxy groups -OCH3 is 3. The van der Waals surface area contributed by atoms with Gasteiger partial charge in [0.05, 0.1) is 32.9 Å². The van der Waals surface area contributed by atoms with Crippen molar-refractivity contribution in [2.75, 3.05) is 54.2 Å². The Morgan fingerprint density at radius 1 is 1.04 bits per heavy atom. The van der Waals surface area contributed by atoms with Crippen LogP contribution in [-0.2, 0) is 0 Å².